The van der Waals surface area contributed by atoms with Gasteiger partial charge in [0.05, 0.1) is 23.6 Å². The topological polar surface area (TPSA) is 100 Å². The molecular weight excluding hydrogens is 571 g/mol. The highest BCUT2D eigenvalue weighted by Gasteiger charge is 2.33. The van der Waals surface area contributed by atoms with Crippen molar-refractivity contribution in [2.24, 2.45) is 0 Å². The Morgan fingerprint density at radius 1 is 1.00 bits per heavy atom. The van der Waals surface area contributed by atoms with Crippen molar-refractivity contribution >= 4 is 23.4 Å². The van der Waals surface area contributed by atoms with Crippen LogP contribution in [0.25, 0.3) is 11.4 Å². The Bertz CT molecular complexity index is 1660. The number of nitrogens with one attached hydrogen (secondary N) is 2. The Morgan fingerprint density at radius 3 is 2.29 bits per heavy atom. The molecule has 0 radical (unpaired) electrons. The van der Waals surface area contributed by atoms with Gasteiger partial charge in [0.25, 0.3) is 5.91 Å². The van der Waals surface area contributed by atoms with Crippen molar-refractivity contribution in [1.82, 2.24) is 25.0 Å². The molecule has 0 spiro atoms. The van der Waals surface area contributed by atoms with E-state index in [1.54, 1.807) is 76.5 Å². The second-order valence-corrected chi connectivity index (χ2v) is 11.0. The van der Waals surface area contributed by atoms with E-state index in [4.69, 9.17) is 11.6 Å². The number of rotatable bonds is 8. The molecule has 1 heterocycles. The van der Waals surface area contributed by atoms with Gasteiger partial charge >= 0.3 is 11.9 Å². The number of nitrogens with zero attached hydrogens (tertiary/aromatic N) is 3. The third-order valence-electron chi connectivity index (χ3n) is 6.79. The summed E-state index contributed by atoms with van der Waals surface area (Å²) in [5.41, 5.74) is -0.993. The fourth-order valence-electron chi connectivity index (χ4n) is 4.62. The van der Waals surface area contributed by atoms with E-state index in [0.717, 1.165) is 12.1 Å². The summed E-state index contributed by atoms with van der Waals surface area (Å²) in [6.45, 7) is 3.18. The molecule has 1 atom stereocenters. The van der Waals surface area contributed by atoms with Gasteiger partial charge < -0.3 is 10.2 Å². The molecule has 0 saturated carbocycles. The van der Waals surface area contributed by atoms with Crippen LogP contribution in [-0.2, 0) is 16.5 Å². The van der Waals surface area contributed by atoms with Gasteiger partial charge in [-0.05, 0) is 73.5 Å². The van der Waals surface area contributed by atoms with E-state index in [1.165, 1.54) is 21.6 Å². The summed E-state index contributed by atoms with van der Waals surface area (Å²) in [5, 5.41) is 9.90. The number of aromatic amines is 1. The zero-order chi connectivity index (χ0) is 30.8. The normalized spacial score (nSPS) is 12.6. The van der Waals surface area contributed by atoms with Crippen molar-refractivity contribution in [2.75, 3.05) is 14.1 Å². The number of alkyl halides is 3. The number of carbonyl (C=O) groups excluding carboxylic acids is 2. The molecule has 220 valence electrons. The van der Waals surface area contributed by atoms with Crippen LogP contribution in [0.1, 0.15) is 53.4 Å². The van der Waals surface area contributed by atoms with Crippen molar-refractivity contribution in [3.63, 3.8) is 0 Å². The maximum atomic E-state index is 13.6. The van der Waals surface area contributed by atoms with Crippen LogP contribution < -0.4 is 11.0 Å². The van der Waals surface area contributed by atoms with Crippen molar-refractivity contribution in [3.8, 4) is 11.4 Å². The Kier molecular flexibility index (Phi) is 8.63. The SMILES string of the molecule is CN(C)C(=O)c1cccc(C(CC(=O)NC(C)(C)c2cccc(C(F)(F)F)c2)n2c(-c3ccc(Cl)cc3)n[nH]c2=O)c1. The molecule has 4 rings (SSSR count). The zero-order valence-corrected chi connectivity index (χ0v) is 24.0. The molecule has 0 aliphatic carbocycles. The first-order chi connectivity index (χ1) is 19.7. The molecule has 42 heavy (non-hydrogen) atoms. The first-order valence-corrected chi connectivity index (χ1v) is 13.3. The predicted molar refractivity (Wildman–Crippen MR) is 153 cm³/mol. The summed E-state index contributed by atoms with van der Waals surface area (Å²) in [7, 11) is 3.21. The van der Waals surface area contributed by atoms with Crippen LogP contribution in [0.3, 0.4) is 0 Å². The van der Waals surface area contributed by atoms with E-state index >= 15 is 0 Å². The first-order valence-electron chi connectivity index (χ1n) is 12.9. The Morgan fingerprint density at radius 2 is 1.64 bits per heavy atom. The van der Waals surface area contributed by atoms with Crippen molar-refractivity contribution in [1.29, 1.82) is 0 Å². The molecule has 0 aliphatic heterocycles. The van der Waals surface area contributed by atoms with Gasteiger partial charge in [-0.3, -0.25) is 14.2 Å². The molecule has 4 aromatic rings. The zero-order valence-electron chi connectivity index (χ0n) is 23.3. The number of hydrogen-bond donors (Lipinski definition) is 2. The summed E-state index contributed by atoms with van der Waals surface area (Å²) in [6.07, 6.45) is -4.83. The van der Waals surface area contributed by atoms with Gasteiger partial charge in [-0.1, -0.05) is 35.9 Å². The highest BCUT2D eigenvalue weighted by Crippen LogP contribution is 2.33. The molecule has 12 heteroatoms. The maximum Gasteiger partial charge on any atom is 0.416 e. The lowest BCUT2D eigenvalue weighted by molar-refractivity contribution is -0.137. The average molecular weight is 600 g/mol. The van der Waals surface area contributed by atoms with E-state index in [2.05, 4.69) is 15.5 Å². The second kappa shape index (κ2) is 11.8. The minimum Gasteiger partial charge on any atom is -0.347 e. The molecule has 1 aromatic heterocycles. The van der Waals surface area contributed by atoms with Crippen LogP contribution in [0.15, 0.2) is 77.6 Å². The number of amides is 2. The lowest BCUT2D eigenvalue weighted by atomic mass is 9.92. The van der Waals surface area contributed by atoms with Gasteiger partial charge in [0.1, 0.15) is 0 Å². The molecule has 0 aliphatic rings. The van der Waals surface area contributed by atoms with Crippen molar-refractivity contribution in [2.45, 2.75) is 38.0 Å². The fraction of sp³-hybridized carbons (Fsp3) is 0.267. The van der Waals surface area contributed by atoms with Gasteiger partial charge in [-0.15, -0.1) is 0 Å². The van der Waals surface area contributed by atoms with Gasteiger partial charge in [0.2, 0.25) is 5.91 Å². The van der Waals surface area contributed by atoms with E-state index in [9.17, 15) is 27.6 Å². The van der Waals surface area contributed by atoms with Gasteiger partial charge in [-0.2, -0.15) is 18.3 Å². The van der Waals surface area contributed by atoms with Crippen molar-refractivity contribution < 1.29 is 22.8 Å². The number of hydrogen-bond acceptors (Lipinski definition) is 4. The van der Waals surface area contributed by atoms with Crippen LogP contribution in [-0.4, -0.2) is 45.6 Å². The fourth-order valence-corrected chi connectivity index (χ4v) is 4.75. The molecule has 0 bridgehead atoms. The van der Waals surface area contributed by atoms with Crippen LogP contribution in [0.2, 0.25) is 5.02 Å². The minimum atomic E-state index is -4.54. The molecule has 0 saturated heterocycles. The lowest BCUT2D eigenvalue weighted by Crippen LogP contribution is -2.42. The number of benzene rings is 3. The summed E-state index contributed by atoms with van der Waals surface area (Å²) >= 11 is 6.04. The van der Waals surface area contributed by atoms with E-state index < -0.39 is 34.9 Å². The largest absolute Gasteiger partial charge is 0.416 e. The summed E-state index contributed by atoms with van der Waals surface area (Å²) in [4.78, 5) is 40.8. The quantitative estimate of drug-likeness (QED) is 0.274. The molecule has 2 N–H and O–H groups in total. The summed E-state index contributed by atoms with van der Waals surface area (Å²) in [5.74, 6) is -0.582. The van der Waals surface area contributed by atoms with Crippen molar-refractivity contribution in [3.05, 3.63) is 111 Å². The third-order valence-corrected chi connectivity index (χ3v) is 7.04. The number of H-pyrrole nitrogens is 1. The van der Waals surface area contributed by atoms with Crippen LogP contribution in [0.4, 0.5) is 13.2 Å². The molecule has 2 amide bonds. The maximum absolute atomic E-state index is 13.6. The molecule has 8 nitrogen and oxygen atoms in total. The third kappa shape index (κ3) is 6.73. The monoisotopic (exact) mass is 599 g/mol. The van der Waals surface area contributed by atoms with Crippen LogP contribution in [0.5, 0.6) is 0 Å². The molecule has 3 aromatic carbocycles. The van der Waals surface area contributed by atoms with E-state index in [-0.39, 0.29) is 23.7 Å². The lowest BCUT2D eigenvalue weighted by Gasteiger charge is -2.29. The highest BCUT2D eigenvalue weighted by molar-refractivity contribution is 6.30. The smallest absolute Gasteiger partial charge is 0.347 e. The number of aromatic nitrogens is 3. The van der Waals surface area contributed by atoms with Gasteiger partial charge in [0, 0.05) is 30.2 Å². The standard InChI is InChI=1S/C30H29ClF3N5O3/c1-29(2,21-9-6-10-22(16-21)30(32,33)34)35-25(40)17-24(19-7-5-8-20(15-19)27(41)38(3)4)39-26(36-37-28(39)42)18-11-13-23(31)14-12-18/h5-16,24H,17H2,1-4H3,(H,35,40)(H,37,42). The number of halogens is 4. The van der Waals surface area contributed by atoms with Crippen LogP contribution in [0, 0.1) is 0 Å². The second-order valence-electron chi connectivity index (χ2n) is 10.5. The van der Waals surface area contributed by atoms with Gasteiger partial charge in [0.15, 0.2) is 5.82 Å². The first kappa shape index (κ1) is 30.6. The predicted octanol–water partition coefficient (Wildman–Crippen LogP) is 5.64. The van der Waals surface area contributed by atoms with Crippen LogP contribution >= 0.6 is 11.6 Å². The minimum absolute atomic E-state index is 0.232. The summed E-state index contributed by atoms with van der Waals surface area (Å²) < 4.78 is 41.4. The molecule has 1 unspecified atom stereocenters. The van der Waals surface area contributed by atoms with E-state index in [1.807, 2.05) is 0 Å². The molecule has 0 fully saturated rings. The van der Waals surface area contributed by atoms with Gasteiger partial charge in [-0.25, -0.2) is 9.89 Å². The Labute approximate surface area is 245 Å². The molecular formula is C30H29ClF3N5O3. The number of carbonyl (C=O) groups is 2. The highest BCUT2D eigenvalue weighted by atomic mass is 35.5. The van der Waals surface area contributed by atoms with E-state index in [0.29, 0.717) is 21.7 Å². The summed E-state index contributed by atoms with van der Waals surface area (Å²) in [6, 6.07) is 17.0. The Hall–Kier alpha value is -4.38. The Balaban J connectivity index is 1.75. The average Bonchev–Trinajstić information content (AvgIpc) is 3.31.